The summed E-state index contributed by atoms with van der Waals surface area (Å²) in [5.41, 5.74) is 4.96. The van der Waals surface area contributed by atoms with E-state index in [1.165, 1.54) is 16.8 Å². The zero-order chi connectivity index (χ0) is 20.4. The number of hydrogen-bond acceptors (Lipinski definition) is 5. The largest absolute Gasteiger partial charge is 0.369 e. The second-order valence-electron chi connectivity index (χ2n) is 7.58. The predicted octanol–water partition coefficient (Wildman–Crippen LogP) is 4.09. The molecule has 0 saturated carbocycles. The van der Waals surface area contributed by atoms with Gasteiger partial charge >= 0.3 is 0 Å². The van der Waals surface area contributed by atoms with Crippen molar-refractivity contribution in [3.63, 3.8) is 0 Å². The van der Waals surface area contributed by atoms with E-state index >= 15 is 0 Å². The molecule has 1 aliphatic rings. The standard InChI is InChI=1S/C23H28N4OS/c1-4-27(23-24-19-9-5-6-11-21(19)29-23)22(28)16-25-12-14-26(15-13-25)20-10-7-8-17(2)18(20)3/h5-11H,4,12-16H2,1-3H3. The number of carbonyl (C=O) groups excluding carboxylic acids is 1. The molecular weight excluding hydrogens is 380 g/mol. The fraction of sp³-hybridized carbons (Fsp3) is 0.391. The van der Waals surface area contributed by atoms with Gasteiger partial charge in [-0.25, -0.2) is 4.98 Å². The average Bonchev–Trinajstić information content (AvgIpc) is 3.15. The number of aryl methyl sites for hydroxylation is 1. The minimum absolute atomic E-state index is 0.131. The van der Waals surface area contributed by atoms with Gasteiger partial charge in [-0.2, -0.15) is 0 Å². The molecular formula is C23H28N4OS. The molecule has 1 saturated heterocycles. The van der Waals surface area contributed by atoms with Crippen molar-refractivity contribution in [2.45, 2.75) is 20.8 Å². The summed E-state index contributed by atoms with van der Waals surface area (Å²) >= 11 is 1.59. The Hall–Kier alpha value is -2.44. The Morgan fingerprint density at radius 1 is 1.07 bits per heavy atom. The van der Waals surface area contributed by atoms with Gasteiger partial charge in [0.05, 0.1) is 16.8 Å². The average molecular weight is 409 g/mol. The number of carbonyl (C=O) groups is 1. The first-order chi connectivity index (χ1) is 14.1. The highest BCUT2D eigenvalue weighted by atomic mass is 32.1. The second kappa shape index (κ2) is 8.51. The van der Waals surface area contributed by atoms with Gasteiger partial charge in [0.15, 0.2) is 5.13 Å². The Bertz CT molecular complexity index is 974. The van der Waals surface area contributed by atoms with Gasteiger partial charge in [0.2, 0.25) is 5.91 Å². The first kappa shape index (κ1) is 19.9. The molecule has 0 aliphatic carbocycles. The summed E-state index contributed by atoms with van der Waals surface area (Å²) in [6.07, 6.45) is 0. The molecule has 0 radical (unpaired) electrons. The van der Waals surface area contributed by atoms with E-state index in [0.29, 0.717) is 13.1 Å². The minimum Gasteiger partial charge on any atom is -0.369 e. The van der Waals surface area contributed by atoms with Crippen molar-refractivity contribution in [2.24, 2.45) is 0 Å². The van der Waals surface area contributed by atoms with Crippen molar-refractivity contribution in [1.29, 1.82) is 0 Å². The summed E-state index contributed by atoms with van der Waals surface area (Å²) in [5, 5.41) is 0.799. The third-order valence-corrected chi connectivity index (χ3v) is 6.84. The third kappa shape index (κ3) is 4.14. The van der Waals surface area contributed by atoms with Crippen LogP contribution in [0.2, 0.25) is 0 Å². The Labute approximate surface area is 176 Å². The van der Waals surface area contributed by atoms with Gasteiger partial charge in [-0.15, -0.1) is 0 Å². The number of rotatable bonds is 5. The molecule has 3 aromatic rings. The molecule has 0 bridgehead atoms. The molecule has 1 aliphatic heterocycles. The van der Waals surface area contributed by atoms with Gasteiger partial charge in [0.25, 0.3) is 0 Å². The maximum Gasteiger partial charge on any atom is 0.242 e. The van der Waals surface area contributed by atoms with Crippen LogP contribution in [-0.4, -0.2) is 55.1 Å². The molecule has 0 atom stereocenters. The molecule has 2 heterocycles. The molecule has 1 fully saturated rings. The lowest BCUT2D eigenvalue weighted by molar-refractivity contribution is -0.119. The summed E-state index contributed by atoms with van der Waals surface area (Å²) in [4.78, 5) is 24.2. The van der Waals surface area contributed by atoms with Gasteiger partial charge in [-0.3, -0.25) is 14.6 Å². The summed E-state index contributed by atoms with van der Waals surface area (Å²) in [7, 11) is 0. The molecule has 0 spiro atoms. The summed E-state index contributed by atoms with van der Waals surface area (Å²) in [6.45, 7) is 11.2. The van der Waals surface area contributed by atoms with E-state index in [4.69, 9.17) is 0 Å². The smallest absolute Gasteiger partial charge is 0.242 e. The number of hydrogen-bond donors (Lipinski definition) is 0. The molecule has 29 heavy (non-hydrogen) atoms. The summed E-state index contributed by atoms with van der Waals surface area (Å²) in [5.74, 6) is 0.131. The van der Waals surface area contributed by atoms with E-state index in [1.54, 1.807) is 11.3 Å². The quantitative estimate of drug-likeness (QED) is 0.638. The SMILES string of the molecule is CCN(C(=O)CN1CCN(c2cccc(C)c2C)CC1)c1nc2ccccc2s1. The van der Waals surface area contributed by atoms with E-state index in [1.807, 2.05) is 30.0 Å². The number of piperazine rings is 1. The van der Waals surface area contributed by atoms with Crippen molar-refractivity contribution in [1.82, 2.24) is 9.88 Å². The fourth-order valence-corrected chi connectivity index (χ4v) is 4.94. The number of aromatic nitrogens is 1. The van der Waals surface area contributed by atoms with Crippen molar-refractivity contribution in [2.75, 3.05) is 49.1 Å². The van der Waals surface area contributed by atoms with Crippen molar-refractivity contribution < 1.29 is 4.79 Å². The number of fused-ring (bicyclic) bond motifs is 1. The Morgan fingerprint density at radius 2 is 1.83 bits per heavy atom. The summed E-state index contributed by atoms with van der Waals surface area (Å²) in [6, 6.07) is 14.5. The minimum atomic E-state index is 0.131. The maximum absolute atomic E-state index is 13.0. The van der Waals surface area contributed by atoms with Crippen LogP contribution < -0.4 is 9.80 Å². The van der Waals surface area contributed by atoms with Crippen LogP contribution in [0.5, 0.6) is 0 Å². The normalized spacial score (nSPS) is 15.1. The lowest BCUT2D eigenvalue weighted by Crippen LogP contribution is -2.50. The van der Waals surface area contributed by atoms with Crippen LogP contribution in [0.15, 0.2) is 42.5 Å². The van der Waals surface area contributed by atoms with Crippen LogP contribution in [0.3, 0.4) is 0 Å². The van der Waals surface area contributed by atoms with Crippen LogP contribution >= 0.6 is 11.3 Å². The van der Waals surface area contributed by atoms with Crippen molar-refractivity contribution in [3.05, 3.63) is 53.6 Å². The number of para-hydroxylation sites is 1. The number of benzene rings is 2. The monoisotopic (exact) mass is 408 g/mol. The number of thiazole rings is 1. The molecule has 2 aromatic carbocycles. The van der Waals surface area contributed by atoms with Gasteiger partial charge in [0.1, 0.15) is 0 Å². The van der Waals surface area contributed by atoms with Crippen molar-refractivity contribution >= 4 is 38.3 Å². The number of amides is 1. The van der Waals surface area contributed by atoms with Gasteiger partial charge in [-0.05, 0) is 50.1 Å². The maximum atomic E-state index is 13.0. The van der Waals surface area contributed by atoms with Crippen LogP contribution in [0, 0.1) is 13.8 Å². The summed E-state index contributed by atoms with van der Waals surface area (Å²) < 4.78 is 1.12. The molecule has 152 valence electrons. The molecule has 1 aromatic heterocycles. The number of likely N-dealkylation sites (N-methyl/N-ethyl adjacent to an activating group) is 1. The Morgan fingerprint density at radius 3 is 2.55 bits per heavy atom. The highest BCUT2D eigenvalue weighted by Gasteiger charge is 2.24. The topological polar surface area (TPSA) is 39.7 Å². The highest BCUT2D eigenvalue weighted by molar-refractivity contribution is 7.22. The van der Waals surface area contributed by atoms with Gasteiger partial charge < -0.3 is 4.90 Å². The van der Waals surface area contributed by atoms with Crippen LogP contribution in [-0.2, 0) is 4.79 Å². The first-order valence-electron chi connectivity index (χ1n) is 10.3. The lowest BCUT2D eigenvalue weighted by Gasteiger charge is -2.37. The van der Waals surface area contributed by atoms with E-state index < -0.39 is 0 Å². The molecule has 6 heteroatoms. The van der Waals surface area contributed by atoms with E-state index in [2.05, 4.69) is 52.9 Å². The molecule has 5 nitrogen and oxygen atoms in total. The van der Waals surface area contributed by atoms with E-state index in [0.717, 1.165) is 41.5 Å². The van der Waals surface area contributed by atoms with Crippen LogP contribution in [0.1, 0.15) is 18.1 Å². The fourth-order valence-electron chi connectivity index (χ4n) is 3.90. The molecule has 4 rings (SSSR count). The first-order valence-corrected chi connectivity index (χ1v) is 11.1. The molecule has 1 amide bonds. The number of nitrogens with zero attached hydrogens (tertiary/aromatic N) is 4. The van der Waals surface area contributed by atoms with Gasteiger partial charge in [-0.1, -0.05) is 35.6 Å². The number of anilines is 2. The van der Waals surface area contributed by atoms with Gasteiger partial charge in [0, 0.05) is 38.4 Å². The zero-order valence-electron chi connectivity index (χ0n) is 17.4. The Kier molecular flexibility index (Phi) is 5.83. The van der Waals surface area contributed by atoms with Crippen molar-refractivity contribution in [3.8, 4) is 0 Å². The molecule has 0 unspecified atom stereocenters. The third-order valence-electron chi connectivity index (χ3n) is 5.78. The Balaban J connectivity index is 1.39. The zero-order valence-corrected chi connectivity index (χ0v) is 18.2. The highest BCUT2D eigenvalue weighted by Crippen LogP contribution is 2.29. The van der Waals surface area contributed by atoms with Crippen LogP contribution in [0.4, 0.5) is 10.8 Å². The van der Waals surface area contributed by atoms with E-state index in [-0.39, 0.29) is 5.91 Å². The van der Waals surface area contributed by atoms with E-state index in [9.17, 15) is 4.79 Å². The second-order valence-corrected chi connectivity index (χ2v) is 8.59. The lowest BCUT2D eigenvalue weighted by atomic mass is 10.1. The predicted molar refractivity (Wildman–Crippen MR) is 122 cm³/mol. The molecule has 0 N–H and O–H groups in total. The van der Waals surface area contributed by atoms with Crippen LogP contribution in [0.25, 0.3) is 10.2 Å².